The zero-order valence-corrected chi connectivity index (χ0v) is 18.0. The molecule has 3 aliphatic rings. The maximum atomic E-state index is 13.5. The fourth-order valence-electron chi connectivity index (χ4n) is 4.93. The van der Waals surface area contributed by atoms with Crippen molar-refractivity contribution in [1.29, 1.82) is 0 Å². The summed E-state index contributed by atoms with van der Waals surface area (Å²) >= 11 is 0. The third-order valence-corrected chi connectivity index (χ3v) is 6.88. The van der Waals surface area contributed by atoms with Crippen LogP contribution >= 0.6 is 0 Å². The summed E-state index contributed by atoms with van der Waals surface area (Å²) in [7, 11) is 0. The third-order valence-electron chi connectivity index (χ3n) is 6.88. The van der Waals surface area contributed by atoms with Gasteiger partial charge in [-0.25, -0.2) is 9.18 Å². The molecule has 6 heteroatoms. The minimum atomic E-state index is -0.213. The van der Waals surface area contributed by atoms with Crippen molar-refractivity contribution < 1.29 is 13.9 Å². The van der Waals surface area contributed by atoms with Crippen LogP contribution in [-0.2, 0) is 6.54 Å². The molecular formula is C25H30FN3O2. The lowest BCUT2D eigenvalue weighted by molar-refractivity contribution is 0.149. The number of amides is 2. The second kappa shape index (κ2) is 8.15. The number of nitrogens with zero attached hydrogens (tertiary/aromatic N) is 1. The second-order valence-electron chi connectivity index (χ2n) is 9.13. The topological polar surface area (TPSA) is 53.6 Å². The average Bonchev–Trinajstić information content (AvgIpc) is 3.55. The van der Waals surface area contributed by atoms with Crippen LogP contribution in [0.4, 0.5) is 9.18 Å². The monoisotopic (exact) mass is 423 g/mol. The van der Waals surface area contributed by atoms with E-state index in [0.29, 0.717) is 12.5 Å². The highest BCUT2D eigenvalue weighted by molar-refractivity contribution is 5.77. The van der Waals surface area contributed by atoms with Gasteiger partial charge in [0.15, 0.2) is 0 Å². The van der Waals surface area contributed by atoms with Crippen molar-refractivity contribution >= 4 is 6.03 Å². The Kier molecular flexibility index (Phi) is 5.34. The fraction of sp³-hybridized carbons (Fsp3) is 0.480. The van der Waals surface area contributed by atoms with E-state index in [2.05, 4.69) is 27.7 Å². The summed E-state index contributed by atoms with van der Waals surface area (Å²) in [5.41, 5.74) is 4.69. The van der Waals surface area contributed by atoms with Gasteiger partial charge in [-0.1, -0.05) is 12.1 Å². The van der Waals surface area contributed by atoms with E-state index in [4.69, 9.17) is 4.74 Å². The number of carbonyl (C=O) groups excluding carboxylic acids is 1. The first-order chi connectivity index (χ1) is 15.0. The standard InChI is InChI=1S/C25H30FN3O2/c1-2-31-23-14-22(18-5-7-20(26)8-6-18)21(17-3-4-17)13-19(23)15-29-11-9-25(10-12-29)16-27-24(30)28-25/h5-8,13-14,17H,2-4,9-12,15-16H2,1H3,(H2,27,28,30). The molecule has 0 bridgehead atoms. The lowest BCUT2D eigenvalue weighted by atomic mass is 9.88. The first-order valence-electron chi connectivity index (χ1n) is 11.4. The zero-order chi connectivity index (χ0) is 21.4. The van der Waals surface area contributed by atoms with Gasteiger partial charge in [0.1, 0.15) is 11.6 Å². The molecule has 3 fully saturated rings. The number of carbonyl (C=O) groups is 1. The van der Waals surface area contributed by atoms with Gasteiger partial charge >= 0.3 is 6.03 Å². The van der Waals surface area contributed by atoms with Crippen LogP contribution in [0.2, 0.25) is 0 Å². The summed E-state index contributed by atoms with van der Waals surface area (Å²) in [5, 5.41) is 6.03. The Balaban J connectivity index is 1.40. The van der Waals surface area contributed by atoms with Gasteiger partial charge in [-0.15, -0.1) is 0 Å². The lowest BCUT2D eigenvalue weighted by Gasteiger charge is -2.38. The Morgan fingerprint density at radius 1 is 1.16 bits per heavy atom. The van der Waals surface area contributed by atoms with Crippen LogP contribution in [0.1, 0.15) is 49.7 Å². The molecule has 2 aliphatic heterocycles. The van der Waals surface area contributed by atoms with Gasteiger partial charge in [0.2, 0.25) is 0 Å². The number of rotatable bonds is 6. The maximum Gasteiger partial charge on any atom is 0.315 e. The van der Waals surface area contributed by atoms with Crippen LogP contribution in [0.25, 0.3) is 11.1 Å². The first-order valence-corrected chi connectivity index (χ1v) is 11.4. The maximum absolute atomic E-state index is 13.5. The van der Waals surface area contributed by atoms with Crippen LogP contribution < -0.4 is 15.4 Å². The summed E-state index contributed by atoms with van der Waals surface area (Å²) in [4.78, 5) is 14.1. The summed E-state index contributed by atoms with van der Waals surface area (Å²) < 4.78 is 19.5. The molecule has 2 aromatic carbocycles. The van der Waals surface area contributed by atoms with Crippen molar-refractivity contribution in [1.82, 2.24) is 15.5 Å². The minimum absolute atomic E-state index is 0.0439. The molecule has 164 valence electrons. The summed E-state index contributed by atoms with van der Waals surface area (Å²) in [6.07, 6.45) is 4.33. The van der Waals surface area contributed by atoms with Gasteiger partial charge < -0.3 is 15.4 Å². The average molecular weight is 424 g/mol. The molecule has 2 saturated heterocycles. The van der Waals surface area contributed by atoms with Crippen molar-refractivity contribution in [2.24, 2.45) is 0 Å². The van der Waals surface area contributed by atoms with Crippen molar-refractivity contribution in [3.05, 3.63) is 53.3 Å². The normalized spacial score (nSPS) is 20.5. The molecule has 1 saturated carbocycles. The number of likely N-dealkylation sites (tertiary alicyclic amines) is 1. The number of ether oxygens (including phenoxy) is 1. The van der Waals surface area contributed by atoms with Crippen molar-refractivity contribution in [2.75, 3.05) is 26.2 Å². The van der Waals surface area contributed by atoms with Crippen LogP contribution in [-0.4, -0.2) is 42.7 Å². The molecule has 0 unspecified atom stereocenters. The molecule has 31 heavy (non-hydrogen) atoms. The quantitative estimate of drug-likeness (QED) is 0.723. The Morgan fingerprint density at radius 2 is 1.90 bits per heavy atom. The number of hydrogen-bond donors (Lipinski definition) is 2. The van der Waals surface area contributed by atoms with Gasteiger partial charge in [-0.2, -0.15) is 0 Å². The minimum Gasteiger partial charge on any atom is -0.494 e. The van der Waals surface area contributed by atoms with E-state index in [1.165, 1.54) is 36.1 Å². The smallest absolute Gasteiger partial charge is 0.315 e. The van der Waals surface area contributed by atoms with Gasteiger partial charge in [0.05, 0.1) is 12.1 Å². The summed E-state index contributed by atoms with van der Waals surface area (Å²) in [6, 6.07) is 11.2. The van der Waals surface area contributed by atoms with E-state index >= 15 is 0 Å². The fourth-order valence-corrected chi connectivity index (χ4v) is 4.93. The van der Waals surface area contributed by atoms with E-state index in [9.17, 15) is 9.18 Å². The Labute approximate surface area is 183 Å². The summed E-state index contributed by atoms with van der Waals surface area (Å²) in [6.45, 7) is 6.09. The molecule has 2 amide bonds. The van der Waals surface area contributed by atoms with E-state index in [0.717, 1.165) is 55.9 Å². The molecule has 2 heterocycles. The number of piperidine rings is 1. The van der Waals surface area contributed by atoms with Gasteiger partial charge in [0, 0.05) is 31.7 Å². The highest BCUT2D eigenvalue weighted by Gasteiger charge is 2.40. The van der Waals surface area contributed by atoms with Crippen LogP contribution in [0, 0.1) is 5.82 Å². The SMILES string of the molecule is CCOc1cc(-c2ccc(F)cc2)c(C2CC2)cc1CN1CCC2(CC1)CNC(=O)N2. The van der Waals surface area contributed by atoms with Crippen LogP contribution in [0.5, 0.6) is 5.75 Å². The van der Waals surface area contributed by atoms with Gasteiger partial charge in [-0.3, -0.25) is 4.90 Å². The van der Waals surface area contributed by atoms with Crippen LogP contribution in [0.3, 0.4) is 0 Å². The largest absolute Gasteiger partial charge is 0.494 e. The number of urea groups is 1. The first kappa shape index (κ1) is 20.3. The molecule has 2 aromatic rings. The molecule has 1 aliphatic carbocycles. The van der Waals surface area contributed by atoms with Gasteiger partial charge in [0.25, 0.3) is 0 Å². The number of halogens is 1. The molecule has 5 nitrogen and oxygen atoms in total. The molecule has 0 aromatic heterocycles. The van der Waals surface area contributed by atoms with E-state index in [1.54, 1.807) is 0 Å². The molecule has 0 radical (unpaired) electrons. The Hall–Kier alpha value is -2.60. The van der Waals surface area contributed by atoms with E-state index < -0.39 is 0 Å². The van der Waals surface area contributed by atoms with E-state index in [1.807, 2.05) is 19.1 Å². The van der Waals surface area contributed by atoms with E-state index in [-0.39, 0.29) is 17.4 Å². The van der Waals surface area contributed by atoms with Crippen LogP contribution in [0.15, 0.2) is 36.4 Å². The zero-order valence-electron chi connectivity index (χ0n) is 18.0. The number of hydrogen-bond acceptors (Lipinski definition) is 3. The number of benzene rings is 2. The highest BCUT2D eigenvalue weighted by Crippen LogP contribution is 2.46. The van der Waals surface area contributed by atoms with Crippen molar-refractivity contribution in [3.63, 3.8) is 0 Å². The predicted molar refractivity (Wildman–Crippen MR) is 119 cm³/mol. The molecular weight excluding hydrogens is 393 g/mol. The molecule has 5 rings (SSSR count). The number of nitrogens with one attached hydrogen (secondary N) is 2. The highest BCUT2D eigenvalue weighted by atomic mass is 19.1. The second-order valence-corrected chi connectivity index (χ2v) is 9.13. The van der Waals surface area contributed by atoms with Crippen molar-refractivity contribution in [2.45, 2.75) is 50.6 Å². The van der Waals surface area contributed by atoms with Gasteiger partial charge in [-0.05, 0) is 79.5 Å². The molecule has 2 N–H and O–H groups in total. The third kappa shape index (κ3) is 4.26. The Bertz CT molecular complexity index is 963. The van der Waals surface area contributed by atoms with Crippen molar-refractivity contribution in [3.8, 4) is 16.9 Å². The summed E-state index contributed by atoms with van der Waals surface area (Å²) in [5.74, 6) is 1.29. The Morgan fingerprint density at radius 3 is 2.52 bits per heavy atom. The predicted octanol–water partition coefficient (Wildman–Crippen LogP) is 4.42. The molecule has 1 spiro atoms. The molecule has 0 atom stereocenters. The lowest BCUT2D eigenvalue weighted by Crippen LogP contribution is -2.52.